The summed E-state index contributed by atoms with van der Waals surface area (Å²) in [6, 6.07) is 2.26. The summed E-state index contributed by atoms with van der Waals surface area (Å²) in [5.74, 6) is -0.393. The van der Waals surface area contributed by atoms with E-state index in [0.717, 1.165) is 12.8 Å². The lowest BCUT2D eigenvalue weighted by Crippen LogP contribution is -2.48. The quantitative estimate of drug-likeness (QED) is 0.710. The van der Waals surface area contributed by atoms with E-state index in [1.54, 1.807) is 0 Å². The van der Waals surface area contributed by atoms with Gasteiger partial charge in [-0.05, 0) is 33.6 Å². The molecule has 120 valence electrons. The number of rotatable bonds is 9. The topological polar surface area (TPSA) is 73.2 Å². The molecule has 5 nitrogen and oxygen atoms in total. The Morgan fingerprint density at radius 3 is 2.05 bits per heavy atom. The van der Waals surface area contributed by atoms with E-state index >= 15 is 0 Å². The molecule has 0 bridgehead atoms. The van der Waals surface area contributed by atoms with Gasteiger partial charge in [0.15, 0.2) is 0 Å². The second-order valence-electron chi connectivity index (χ2n) is 5.74. The third-order valence-corrected chi connectivity index (χ3v) is 3.43. The summed E-state index contributed by atoms with van der Waals surface area (Å²) in [5, 5.41) is 12.3. The molecule has 0 aliphatic carbocycles. The van der Waals surface area contributed by atoms with Crippen LogP contribution >= 0.6 is 0 Å². The highest BCUT2D eigenvalue weighted by atomic mass is 16.2. The van der Waals surface area contributed by atoms with E-state index in [1.807, 2.05) is 34.6 Å². The second-order valence-corrected chi connectivity index (χ2v) is 5.74. The zero-order valence-corrected chi connectivity index (χ0v) is 14.0. The Balaban J connectivity index is 5.10. The SMILES string of the molecule is CCCC(C#N)(CCC)C(=O)N(CC)CC(=O)NC(C)C. The Kier molecular flexibility index (Phi) is 8.68. The maximum Gasteiger partial charge on any atom is 0.243 e. The van der Waals surface area contributed by atoms with Crippen LogP contribution in [0.5, 0.6) is 0 Å². The number of nitriles is 1. The van der Waals surface area contributed by atoms with Crippen molar-refractivity contribution in [3.8, 4) is 6.07 Å². The van der Waals surface area contributed by atoms with E-state index in [4.69, 9.17) is 0 Å². The fourth-order valence-corrected chi connectivity index (χ4v) is 2.52. The van der Waals surface area contributed by atoms with Crippen molar-refractivity contribution in [2.45, 2.75) is 66.3 Å². The third kappa shape index (κ3) is 5.74. The van der Waals surface area contributed by atoms with Crippen LogP contribution in [-0.2, 0) is 9.59 Å². The molecule has 0 atom stereocenters. The van der Waals surface area contributed by atoms with Gasteiger partial charge in [0.2, 0.25) is 11.8 Å². The van der Waals surface area contributed by atoms with Crippen LogP contribution in [0.4, 0.5) is 0 Å². The first-order chi connectivity index (χ1) is 9.86. The van der Waals surface area contributed by atoms with Gasteiger partial charge in [-0.25, -0.2) is 0 Å². The van der Waals surface area contributed by atoms with E-state index in [-0.39, 0.29) is 24.4 Å². The lowest BCUT2D eigenvalue weighted by Gasteiger charge is -2.31. The predicted molar refractivity (Wildman–Crippen MR) is 83.4 cm³/mol. The van der Waals surface area contributed by atoms with Gasteiger partial charge in [0.05, 0.1) is 12.6 Å². The lowest BCUT2D eigenvalue weighted by atomic mass is 9.79. The standard InChI is InChI=1S/C16H29N3O2/c1-6-9-16(12-17,10-7-2)15(21)19(8-3)11-14(20)18-13(4)5/h13H,6-11H2,1-5H3,(H,18,20). The first-order valence-corrected chi connectivity index (χ1v) is 7.86. The van der Waals surface area contributed by atoms with Gasteiger partial charge < -0.3 is 10.2 Å². The summed E-state index contributed by atoms with van der Waals surface area (Å²) in [5.41, 5.74) is -0.988. The average Bonchev–Trinajstić information content (AvgIpc) is 2.42. The van der Waals surface area contributed by atoms with E-state index in [1.165, 1.54) is 4.90 Å². The zero-order valence-electron chi connectivity index (χ0n) is 14.0. The maximum absolute atomic E-state index is 12.8. The molecule has 1 N–H and O–H groups in total. The second kappa shape index (κ2) is 9.38. The molecule has 0 aromatic rings. The molecule has 0 aromatic carbocycles. The van der Waals surface area contributed by atoms with Crippen LogP contribution in [0.2, 0.25) is 0 Å². The smallest absolute Gasteiger partial charge is 0.243 e. The Morgan fingerprint density at radius 1 is 1.19 bits per heavy atom. The fourth-order valence-electron chi connectivity index (χ4n) is 2.52. The predicted octanol–water partition coefficient (Wildman–Crippen LogP) is 2.47. The van der Waals surface area contributed by atoms with Crippen molar-refractivity contribution in [1.82, 2.24) is 10.2 Å². The molecule has 21 heavy (non-hydrogen) atoms. The van der Waals surface area contributed by atoms with Gasteiger partial charge in [0.1, 0.15) is 5.41 Å². The number of nitrogens with zero attached hydrogens (tertiary/aromatic N) is 2. The lowest BCUT2D eigenvalue weighted by molar-refractivity contribution is -0.143. The molecule has 2 amide bonds. The van der Waals surface area contributed by atoms with E-state index in [0.29, 0.717) is 19.4 Å². The third-order valence-electron chi connectivity index (χ3n) is 3.43. The van der Waals surface area contributed by atoms with Gasteiger partial charge in [0.25, 0.3) is 0 Å². The molecule has 0 aliphatic heterocycles. The minimum Gasteiger partial charge on any atom is -0.352 e. The molecule has 0 heterocycles. The maximum atomic E-state index is 12.8. The number of nitrogens with one attached hydrogen (secondary N) is 1. The summed E-state index contributed by atoms with van der Waals surface area (Å²) in [6.45, 7) is 9.98. The molecule has 0 radical (unpaired) electrons. The molecule has 0 saturated heterocycles. The molecule has 0 aliphatic rings. The Morgan fingerprint density at radius 2 is 1.71 bits per heavy atom. The molecular weight excluding hydrogens is 266 g/mol. The Labute approximate surface area is 128 Å². The molecule has 0 fully saturated rings. The monoisotopic (exact) mass is 295 g/mol. The van der Waals surface area contributed by atoms with Crippen molar-refractivity contribution in [3.05, 3.63) is 0 Å². The summed E-state index contributed by atoms with van der Waals surface area (Å²) >= 11 is 0. The van der Waals surface area contributed by atoms with Crippen LogP contribution in [0.15, 0.2) is 0 Å². The summed E-state index contributed by atoms with van der Waals surface area (Å²) < 4.78 is 0. The van der Waals surface area contributed by atoms with Crippen LogP contribution < -0.4 is 5.32 Å². The van der Waals surface area contributed by atoms with E-state index in [2.05, 4.69) is 11.4 Å². The van der Waals surface area contributed by atoms with Crippen LogP contribution in [-0.4, -0.2) is 35.8 Å². The minimum absolute atomic E-state index is 0.0182. The van der Waals surface area contributed by atoms with Crippen molar-refractivity contribution in [2.24, 2.45) is 5.41 Å². The highest BCUT2D eigenvalue weighted by Crippen LogP contribution is 2.31. The number of hydrogen-bond acceptors (Lipinski definition) is 3. The van der Waals surface area contributed by atoms with E-state index in [9.17, 15) is 14.9 Å². The molecule has 5 heteroatoms. The van der Waals surface area contributed by atoms with Crippen LogP contribution in [0.1, 0.15) is 60.3 Å². The fraction of sp³-hybridized carbons (Fsp3) is 0.812. The van der Waals surface area contributed by atoms with Crippen LogP contribution in [0.25, 0.3) is 0 Å². The number of carbonyl (C=O) groups is 2. The van der Waals surface area contributed by atoms with Gasteiger partial charge in [0, 0.05) is 12.6 Å². The number of carbonyl (C=O) groups excluding carboxylic acids is 2. The van der Waals surface area contributed by atoms with Crippen molar-refractivity contribution in [3.63, 3.8) is 0 Å². The van der Waals surface area contributed by atoms with Crippen LogP contribution in [0.3, 0.4) is 0 Å². The van der Waals surface area contributed by atoms with Gasteiger partial charge >= 0.3 is 0 Å². The summed E-state index contributed by atoms with van der Waals surface area (Å²) in [4.78, 5) is 26.1. The van der Waals surface area contributed by atoms with Crippen molar-refractivity contribution in [2.75, 3.05) is 13.1 Å². The van der Waals surface area contributed by atoms with Crippen LogP contribution in [0, 0.1) is 16.7 Å². The largest absolute Gasteiger partial charge is 0.352 e. The molecule has 0 aromatic heterocycles. The molecule has 0 spiro atoms. The normalized spacial score (nSPS) is 11.1. The summed E-state index contributed by atoms with van der Waals surface area (Å²) in [7, 11) is 0. The van der Waals surface area contributed by atoms with Gasteiger partial charge in [-0.3, -0.25) is 9.59 Å². The highest BCUT2D eigenvalue weighted by molar-refractivity contribution is 5.89. The molecule has 0 saturated carbocycles. The van der Waals surface area contributed by atoms with Gasteiger partial charge in [-0.15, -0.1) is 0 Å². The van der Waals surface area contributed by atoms with Crippen molar-refractivity contribution in [1.29, 1.82) is 5.26 Å². The van der Waals surface area contributed by atoms with Crippen molar-refractivity contribution < 1.29 is 9.59 Å². The summed E-state index contributed by atoms with van der Waals surface area (Å²) in [6.07, 6.45) is 2.63. The first-order valence-electron chi connectivity index (χ1n) is 7.86. The van der Waals surface area contributed by atoms with E-state index < -0.39 is 5.41 Å². The zero-order chi connectivity index (χ0) is 16.5. The van der Waals surface area contributed by atoms with Gasteiger partial charge in [-0.1, -0.05) is 26.7 Å². The number of likely N-dealkylation sites (N-methyl/N-ethyl adjacent to an activating group) is 1. The molecule has 0 unspecified atom stereocenters. The number of hydrogen-bond donors (Lipinski definition) is 1. The number of amides is 2. The molecular formula is C16H29N3O2. The minimum atomic E-state index is -0.988. The molecule has 0 rings (SSSR count). The highest BCUT2D eigenvalue weighted by Gasteiger charge is 2.40. The van der Waals surface area contributed by atoms with Gasteiger partial charge in [-0.2, -0.15) is 5.26 Å². The first kappa shape index (κ1) is 19.4. The Hall–Kier alpha value is -1.57. The average molecular weight is 295 g/mol. The Bertz CT molecular complexity index is 379. The van der Waals surface area contributed by atoms with Crippen molar-refractivity contribution >= 4 is 11.8 Å².